The Morgan fingerprint density at radius 2 is 2.00 bits per heavy atom. The average molecular weight is 172 g/mol. The minimum absolute atomic E-state index is 0.251. The molecular weight excluding hydrogens is 158 g/mol. The van der Waals surface area contributed by atoms with Crippen molar-refractivity contribution in [1.29, 1.82) is 0 Å². The SMILES string of the molecule is CC[PH3]Pc1ccccc1. The molecule has 0 bridgehead atoms. The Kier molecular flexibility index (Phi) is 3.95. The topological polar surface area (TPSA) is 0 Å². The molecule has 56 valence electrons. The van der Waals surface area contributed by atoms with Crippen molar-refractivity contribution in [1.82, 2.24) is 0 Å². The van der Waals surface area contributed by atoms with Crippen molar-refractivity contribution in [2.45, 2.75) is 6.92 Å². The van der Waals surface area contributed by atoms with Gasteiger partial charge in [0.2, 0.25) is 0 Å². The molecule has 1 aromatic carbocycles. The maximum atomic E-state index is 2.29. The molecule has 1 aromatic rings. The standard InChI is InChI=1S/C8H14P2/c1-2-9-10-8-6-4-3-5-7-8/h3-7,10H,2H2,1,9H3. The zero-order valence-corrected chi connectivity index (χ0v) is 8.72. The Morgan fingerprint density at radius 1 is 1.30 bits per heavy atom. The van der Waals surface area contributed by atoms with Crippen molar-refractivity contribution in [3.8, 4) is 0 Å². The van der Waals surface area contributed by atoms with Gasteiger partial charge in [-0.15, -0.1) is 0 Å². The van der Waals surface area contributed by atoms with E-state index in [1.807, 2.05) is 0 Å². The van der Waals surface area contributed by atoms with Crippen LogP contribution in [0.2, 0.25) is 0 Å². The van der Waals surface area contributed by atoms with Crippen molar-refractivity contribution in [3.05, 3.63) is 30.3 Å². The van der Waals surface area contributed by atoms with Crippen LogP contribution in [0.15, 0.2) is 30.3 Å². The van der Waals surface area contributed by atoms with E-state index < -0.39 is 0 Å². The van der Waals surface area contributed by atoms with Gasteiger partial charge in [-0.25, -0.2) is 0 Å². The quantitative estimate of drug-likeness (QED) is 0.612. The van der Waals surface area contributed by atoms with Crippen molar-refractivity contribution >= 4 is 21.8 Å². The van der Waals surface area contributed by atoms with E-state index in [9.17, 15) is 0 Å². The van der Waals surface area contributed by atoms with Crippen LogP contribution in [0.5, 0.6) is 0 Å². The molecule has 0 spiro atoms. The first kappa shape index (κ1) is 8.18. The Bertz CT molecular complexity index is 172. The van der Waals surface area contributed by atoms with E-state index in [0.29, 0.717) is 0 Å². The summed E-state index contributed by atoms with van der Waals surface area (Å²) in [6, 6.07) is 10.8. The summed E-state index contributed by atoms with van der Waals surface area (Å²) < 4.78 is 0. The summed E-state index contributed by atoms with van der Waals surface area (Å²) in [5.74, 6) is 0. The van der Waals surface area contributed by atoms with Gasteiger partial charge in [-0.2, -0.15) is 0 Å². The predicted molar refractivity (Wildman–Crippen MR) is 56.0 cm³/mol. The van der Waals surface area contributed by atoms with Crippen molar-refractivity contribution in [2.24, 2.45) is 0 Å². The van der Waals surface area contributed by atoms with Crippen LogP contribution in [0, 0.1) is 0 Å². The molecule has 0 heterocycles. The molecule has 0 aliphatic carbocycles. The van der Waals surface area contributed by atoms with E-state index in [1.165, 1.54) is 6.16 Å². The molecule has 0 radical (unpaired) electrons. The monoisotopic (exact) mass is 172 g/mol. The van der Waals surface area contributed by atoms with Crippen LogP contribution in [-0.4, -0.2) is 6.16 Å². The third kappa shape index (κ3) is 2.78. The molecule has 0 N–H and O–H groups in total. The molecule has 0 saturated heterocycles. The summed E-state index contributed by atoms with van der Waals surface area (Å²) in [6.45, 7) is 2.29. The second kappa shape index (κ2) is 4.83. The van der Waals surface area contributed by atoms with Crippen LogP contribution in [0.1, 0.15) is 6.92 Å². The summed E-state index contributed by atoms with van der Waals surface area (Å²) in [5.41, 5.74) is 0. The van der Waals surface area contributed by atoms with Crippen molar-refractivity contribution < 1.29 is 0 Å². The van der Waals surface area contributed by atoms with Gasteiger partial charge in [-0.05, 0) is 0 Å². The molecule has 0 aliphatic rings. The molecule has 0 aliphatic heterocycles. The van der Waals surface area contributed by atoms with E-state index >= 15 is 0 Å². The zero-order valence-electron chi connectivity index (χ0n) is 6.30. The van der Waals surface area contributed by atoms with E-state index in [-0.39, 0.29) is 8.27 Å². The molecule has 0 fully saturated rings. The Hall–Kier alpha value is 0.0800. The fraction of sp³-hybridized carbons (Fsp3) is 0.250. The minimum atomic E-state index is 0.251. The van der Waals surface area contributed by atoms with Crippen LogP contribution in [0.25, 0.3) is 0 Å². The molecule has 1 atom stereocenters. The number of hydrogen-bond acceptors (Lipinski definition) is 0. The van der Waals surface area contributed by atoms with Gasteiger partial charge >= 0.3 is 65.3 Å². The molecule has 0 nitrogen and oxygen atoms in total. The molecule has 2 heteroatoms. The van der Waals surface area contributed by atoms with Gasteiger partial charge in [0.1, 0.15) is 0 Å². The van der Waals surface area contributed by atoms with Crippen LogP contribution in [-0.2, 0) is 0 Å². The second-order valence-electron chi connectivity index (χ2n) is 2.29. The molecule has 10 heavy (non-hydrogen) atoms. The van der Waals surface area contributed by atoms with Crippen molar-refractivity contribution in [2.75, 3.05) is 6.16 Å². The number of rotatable bonds is 3. The predicted octanol–water partition coefficient (Wildman–Crippen LogP) is 2.07. The summed E-state index contributed by atoms with van der Waals surface area (Å²) in [4.78, 5) is 0. The third-order valence-corrected chi connectivity index (χ3v) is 6.32. The van der Waals surface area contributed by atoms with Gasteiger partial charge in [0.25, 0.3) is 0 Å². The average Bonchev–Trinajstić information content (AvgIpc) is 2.03. The number of benzene rings is 1. The molecule has 0 amide bonds. The fourth-order valence-electron chi connectivity index (χ4n) is 0.825. The van der Waals surface area contributed by atoms with Gasteiger partial charge in [0.05, 0.1) is 0 Å². The second-order valence-corrected chi connectivity index (χ2v) is 7.28. The maximum absolute atomic E-state index is 2.29. The Balaban J connectivity index is 2.43. The van der Waals surface area contributed by atoms with Gasteiger partial charge < -0.3 is 0 Å². The van der Waals surface area contributed by atoms with E-state index in [4.69, 9.17) is 0 Å². The van der Waals surface area contributed by atoms with Crippen LogP contribution < -0.4 is 5.30 Å². The molecule has 1 unspecified atom stereocenters. The van der Waals surface area contributed by atoms with Gasteiger partial charge in [0.15, 0.2) is 0 Å². The normalized spacial score (nSPS) is 11.3. The van der Waals surface area contributed by atoms with E-state index in [2.05, 4.69) is 37.3 Å². The molecule has 0 saturated carbocycles. The van der Waals surface area contributed by atoms with E-state index in [1.54, 1.807) is 5.30 Å². The summed E-state index contributed by atoms with van der Waals surface area (Å²) in [6.07, 6.45) is 1.44. The van der Waals surface area contributed by atoms with E-state index in [0.717, 1.165) is 8.27 Å². The Labute approximate surface area is 65.9 Å². The van der Waals surface area contributed by atoms with Crippen LogP contribution in [0.4, 0.5) is 0 Å². The molecular formula is C8H14P2. The fourth-order valence-corrected chi connectivity index (χ4v) is 4.12. The first-order chi connectivity index (χ1) is 4.93. The molecule has 0 aromatic heterocycles. The van der Waals surface area contributed by atoms with Crippen molar-refractivity contribution in [3.63, 3.8) is 0 Å². The van der Waals surface area contributed by atoms with Gasteiger partial charge in [-0.3, -0.25) is 0 Å². The number of hydrogen-bond donors (Lipinski definition) is 0. The summed E-state index contributed by atoms with van der Waals surface area (Å²) >= 11 is 0. The van der Waals surface area contributed by atoms with Crippen LogP contribution in [0.3, 0.4) is 0 Å². The van der Waals surface area contributed by atoms with Gasteiger partial charge in [-0.1, -0.05) is 0 Å². The van der Waals surface area contributed by atoms with Crippen LogP contribution >= 0.6 is 16.5 Å². The first-order valence-electron chi connectivity index (χ1n) is 3.72. The van der Waals surface area contributed by atoms with Gasteiger partial charge in [0, 0.05) is 0 Å². The first-order valence-corrected chi connectivity index (χ1v) is 8.05. The third-order valence-electron chi connectivity index (χ3n) is 1.35. The summed E-state index contributed by atoms with van der Waals surface area (Å²) in [7, 11) is 1.39. The Morgan fingerprint density at radius 3 is 2.60 bits per heavy atom. The zero-order chi connectivity index (χ0) is 7.23. The molecule has 1 rings (SSSR count). The summed E-state index contributed by atoms with van der Waals surface area (Å²) in [5, 5.41) is 1.55.